The topological polar surface area (TPSA) is 94.1 Å². The monoisotopic (exact) mass is 414 g/mol. The molecule has 0 radical (unpaired) electrons. The number of thiazole rings is 1. The molecule has 1 atom stereocenters. The second-order valence-corrected chi connectivity index (χ2v) is 7.16. The molecule has 1 rings (SSSR count). The highest BCUT2D eigenvalue weighted by Crippen LogP contribution is 2.24. The quantitative estimate of drug-likeness (QED) is 0.222. The fourth-order valence-electron chi connectivity index (χ4n) is 2.33. The Morgan fingerprint density at radius 2 is 2.04 bits per heavy atom. The van der Waals surface area contributed by atoms with E-state index in [9.17, 15) is 4.79 Å². The van der Waals surface area contributed by atoms with Crippen molar-refractivity contribution in [1.82, 2.24) is 15.6 Å². The van der Waals surface area contributed by atoms with E-state index >= 15 is 0 Å². The molecule has 1 aromatic heterocycles. The lowest BCUT2D eigenvalue weighted by atomic mass is 10.3. The van der Waals surface area contributed by atoms with Gasteiger partial charge in [-0.25, -0.2) is 9.78 Å². The van der Waals surface area contributed by atoms with Crippen LogP contribution >= 0.6 is 11.3 Å². The first-order chi connectivity index (χ1) is 13.5. The van der Waals surface area contributed by atoms with Crippen molar-refractivity contribution in [3.63, 3.8) is 0 Å². The first kappa shape index (κ1) is 24.3. The Labute approximate surface area is 172 Å². The molecule has 0 aromatic carbocycles. The Balaban J connectivity index is 2.53. The van der Waals surface area contributed by atoms with E-state index < -0.39 is 0 Å². The van der Waals surface area contributed by atoms with Crippen LogP contribution < -0.4 is 10.6 Å². The lowest BCUT2D eigenvalue weighted by molar-refractivity contribution is 0.0531. The van der Waals surface area contributed by atoms with Crippen molar-refractivity contribution < 1.29 is 19.0 Å². The highest BCUT2D eigenvalue weighted by Gasteiger charge is 2.20. The van der Waals surface area contributed by atoms with Gasteiger partial charge in [-0.3, -0.25) is 4.99 Å². The van der Waals surface area contributed by atoms with E-state index in [2.05, 4.69) is 20.6 Å². The molecule has 0 saturated heterocycles. The van der Waals surface area contributed by atoms with Gasteiger partial charge in [0.05, 0.1) is 31.6 Å². The van der Waals surface area contributed by atoms with Crippen LogP contribution in [0.1, 0.15) is 60.0 Å². The maximum Gasteiger partial charge on any atom is 0.350 e. The lowest BCUT2D eigenvalue weighted by Gasteiger charge is -2.16. The maximum absolute atomic E-state index is 12.0. The Morgan fingerprint density at radius 3 is 2.71 bits per heavy atom. The number of carbonyl (C=O) groups is 1. The molecule has 2 N–H and O–H groups in total. The van der Waals surface area contributed by atoms with Gasteiger partial charge in [-0.1, -0.05) is 0 Å². The lowest BCUT2D eigenvalue weighted by Crippen LogP contribution is -2.38. The van der Waals surface area contributed by atoms with Crippen molar-refractivity contribution in [3.8, 4) is 0 Å². The first-order valence-corrected chi connectivity index (χ1v) is 10.6. The van der Waals surface area contributed by atoms with Crippen LogP contribution in [0.25, 0.3) is 0 Å². The number of guanidine groups is 1. The minimum atomic E-state index is -0.316. The SMILES string of the molecule is CCNC(=NCCCCOCCOC)NC(C)c1nc(C)c(C(=O)OCC)s1. The second-order valence-electron chi connectivity index (χ2n) is 6.13. The number of hydrogen-bond acceptors (Lipinski definition) is 7. The average Bonchev–Trinajstić information content (AvgIpc) is 3.06. The van der Waals surface area contributed by atoms with Gasteiger partial charge in [0.1, 0.15) is 9.88 Å². The molecule has 0 aliphatic rings. The number of nitrogens with zero attached hydrogens (tertiary/aromatic N) is 2. The number of nitrogens with one attached hydrogen (secondary N) is 2. The number of methoxy groups -OCH3 is 1. The Bertz CT molecular complexity index is 607. The third-order valence-corrected chi connectivity index (χ3v) is 5.06. The zero-order valence-corrected chi connectivity index (χ0v) is 18.5. The third kappa shape index (κ3) is 8.99. The van der Waals surface area contributed by atoms with Crippen molar-refractivity contribution in [1.29, 1.82) is 0 Å². The van der Waals surface area contributed by atoms with Crippen LogP contribution in [0.2, 0.25) is 0 Å². The van der Waals surface area contributed by atoms with Crippen molar-refractivity contribution in [2.75, 3.05) is 46.6 Å². The number of aromatic nitrogens is 1. The van der Waals surface area contributed by atoms with Crippen LogP contribution in [0, 0.1) is 6.92 Å². The summed E-state index contributed by atoms with van der Waals surface area (Å²) in [6.07, 6.45) is 1.90. The van der Waals surface area contributed by atoms with Gasteiger partial charge in [0, 0.05) is 26.8 Å². The van der Waals surface area contributed by atoms with Gasteiger partial charge in [-0.2, -0.15) is 0 Å². The molecule has 0 aliphatic carbocycles. The Hall–Kier alpha value is -1.71. The van der Waals surface area contributed by atoms with Crippen molar-refractivity contribution in [3.05, 3.63) is 15.6 Å². The first-order valence-electron chi connectivity index (χ1n) is 9.79. The maximum atomic E-state index is 12.0. The predicted octanol–water partition coefficient (Wildman–Crippen LogP) is 2.69. The summed E-state index contributed by atoms with van der Waals surface area (Å²) in [6, 6.07) is -0.0675. The predicted molar refractivity (Wildman–Crippen MR) is 112 cm³/mol. The number of unbranched alkanes of at least 4 members (excludes halogenated alkanes) is 1. The van der Waals surface area contributed by atoms with E-state index in [1.54, 1.807) is 14.0 Å². The van der Waals surface area contributed by atoms with Gasteiger partial charge < -0.3 is 24.8 Å². The molecule has 0 spiro atoms. The van der Waals surface area contributed by atoms with E-state index in [4.69, 9.17) is 14.2 Å². The van der Waals surface area contributed by atoms with E-state index in [-0.39, 0.29) is 12.0 Å². The normalized spacial score (nSPS) is 12.7. The minimum Gasteiger partial charge on any atom is -0.462 e. The molecule has 28 heavy (non-hydrogen) atoms. The van der Waals surface area contributed by atoms with Crippen LogP contribution in [0.15, 0.2) is 4.99 Å². The van der Waals surface area contributed by atoms with Crippen molar-refractivity contribution >= 4 is 23.3 Å². The molecule has 1 aromatic rings. The Morgan fingerprint density at radius 1 is 1.25 bits per heavy atom. The fraction of sp³-hybridized carbons (Fsp3) is 0.737. The zero-order valence-electron chi connectivity index (χ0n) is 17.7. The van der Waals surface area contributed by atoms with Crippen LogP contribution in [0.4, 0.5) is 0 Å². The molecule has 160 valence electrons. The van der Waals surface area contributed by atoms with Crippen molar-refractivity contribution in [2.24, 2.45) is 4.99 Å². The molecule has 0 amide bonds. The van der Waals surface area contributed by atoms with Crippen molar-refractivity contribution in [2.45, 2.75) is 46.6 Å². The number of aliphatic imine (C=N–C) groups is 1. The summed E-state index contributed by atoms with van der Waals surface area (Å²) in [5, 5.41) is 7.43. The van der Waals surface area contributed by atoms with Gasteiger partial charge >= 0.3 is 5.97 Å². The summed E-state index contributed by atoms with van der Waals surface area (Å²) in [5.41, 5.74) is 0.697. The Kier molecular flexibility index (Phi) is 12.4. The van der Waals surface area contributed by atoms with E-state index in [1.807, 2.05) is 20.8 Å². The van der Waals surface area contributed by atoms with Gasteiger partial charge in [0.15, 0.2) is 5.96 Å². The summed E-state index contributed by atoms with van der Waals surface area (Å²) in [6.45, 7) is 11.5. The molecule has 0 fully saturated rings. The van der Waals surface area contributed by atoms with Crippen LogP contribution in [0.5, 0.6) is 0 Å². The van der Waals surface area contributed by atoms with E-state index in [1.165, 1.54) is 11.3 Å². The standard InChI is InChI=1S/C19H34N4O4S/c1-6-20-19(21-10-8-9-11-26-13-12-25-5)23-15(4)17-22-14(3)16(28-17)18(24)27-7-2/h15H,6-13H2,1-5H3,(H2,20,21,23). The number of rotatable bonds is 13. The van der Waals surface area contributed by atoms with E-state index in [0.29, 0.717) is 43.5 Å². The molecule has 1 heterocycles. The summed E-state index contributed by atoms with van der Waals surface area (Å²) in [4.78, 5) is 21.7. The van der Waals surface area contributed by atoms with Gasteiger partial charge in [-0.15, -0.1) is 11.3 Å². The number of hydrogen-bond donors (Lipinski definition) is 2. The molecule has 0 bridgehead atoms. The van der Waals surface area contributed by atoms with Crippen LogP contribution in [0.3, 0.4) is 0 Å². The van der Waals surface area contributed by atoms with Gasteiger partial charge in [0.2, 0.25) is 0 Å². The highest BCUT2D eigenvalue weighted by molar-refractivity contribution is 7.13. The third-order valence-electron chi connectivity index (χ3n) is 3.74. The summed E-state index contributed by atoms with van der Waals surface area (Å²) >= 11 is 1.36. The largest absolute Gasteiger partial charge is 0.462 e. The fourth-order valence-corrected chi connectivity index (χ4v) is 3.29. The molecular formula is C19H34N4O4S. The smallest absolute Gasteiger partial charge is 0.350 e. The molecule has 8 nitrogen and oxygen atoms in total. The highest BCUT2D eigenvalue weighted by atomic mass is 32.1. The number of esters is 1. The number of ether oxygens (including phenoxy) is 3. The summed E-state index contributed by atoms with van der Waals surface area (Å²) in [5.74, 6) is 0.421. The van der Waals surface area contributed by atoms with Gasteiger partial charge in [-0.05, 0) is 40.5 Å². The second kappa shape index (κ2) is 14.3. The summed E-state index contributed by atoms with van der Waals surface area (Å²) in [7, 11) is 1.67. The molecule has 1 unspecified atom stereocenters. The number of carbonyl (C=O) groups excluding carboxylic acids is 1. The van der Waals surface area contributed by atoms with Crippen LogP contribution in [-0.4, -0.2) is 63.5 Å². The molecular weight excluding hydrogens is 380 g/mol. The molecule has 9 heteroatoms. The van der Waals surface area contributed by atoms with Gasteiger partial charge in [0.25, 0.3) is 0 Å². The molecule has 0 saturated carbocycles. The molecule has 0 aliphatic heterocycles. The zero-order chi connectivity index (χ0) is 20.8. The minimum absolute atomic E-state index is 0.0675. The average molecular weight is 415 g/mol. The summed E-state index contributed by atoms with van der Waals surface area (Å²) < 4.78 is 15.5. The number of aryl methyl sites for hydroxylation is 1. The van der Waals surface area contributed by atoms with Crippen LogP contribution in [-0.2, 0) is 14.2 Å². The van der Waals surface area contributed by atoms with E-state index in [0.717, 1.165) is 30.4 Å².